The van der Waals surface area contributed by atoms with E-state index in [0.717, 1.165) is 25.8 Å². The Kier molecular flexibility index (Phi) is 3.79. The fraction of sp³-hybridized carbons (Fsp3) is 0.714. The summed E-state index contributed by atoms with van der Waals surface area (Å²) in [7, 11) is 5.70. The summed E-state index contributed by atoms with van der Waals surface area (Å²) in [5, 5.41) is 3.79. The van der Waals surface area contributed by atoms with E-state index in [1.807, 2.05) is 0 Å². The van der Waals surface area contributed by atoms with Crippen LogP contribution < -0.4 is 11.1 Å². The molecule has 0 bridgehead atoms. The Morgan fingerprint density at radius 1 is 1.48 bits per heavy atom. The van der Waals surface area contributed by atoms with Crippen LogP contribution in [0.4, 0.5) is 9.93 Å². The predicted octanol–water partition coefficient (Wildman–Crippen LogP) is 0.784. The summed E-state index contributed by atoms with van der Waals surface area (Å²) in [6.07, 6.45) is 3.04. The molecule has 0 radical (unpaired) electrons. The Hall–Kier alpha value is -1.34. The molecule has 2 amide bonds. The molecular weight excluding hydrogens is 286 g/mol. The molecule has 2 heterocycles. The minimum absolute atomic E-state index is 0.0127. The number of thiazole rings is 1. The third kappa shape index (κ3) is 2.85. The van der Waals surface area contributed by atoms with E-state index in [4.69, 9.17) is 5.73 Å². The maximum Gasteiger partial charge on any atom is 0.317 e. The van der Waals surface area contributed by atoms with E-state index < -0.39 is 0 Å². The number of nitrogens with two attached hydrogens (primary N) is 1. The predicted molar refractivity (Wildman–Crippen MR) is 84.5 cm³/mol. The van der Waals surface area contributed by atoms with Crippen LogP contribution in [-0.2, 0) is 12.8 Å². The number of likely N-dealkylation sites (N-methyl/N-ethyl adjacent to an activating group) is 1. The molecule has 1 fully saturated rings. The van der Waals surface area contributed by atoms with Gasteiger partial charge in [0.15, 0.2) is 5.13 Å². The standard InChI is InChI=1S/C14H23N5OS/c1-18(2)14(20)16-9-4-8-5-10-12(21-13(15)17-10)6-11(8)19(3)7-9/h8-9,11H,4-7H2,1-3H3,(H2,15,17)(H,16,20). The molecule has 0 saturated carbocycles. The van der Waals surface area contributed by atoms with Gasteiger partial charge in [0, 0.05) is 37.6 Å². The van der Waals surface area contributed by atoms with Gasteiger partial charge in [-0.15, -0.1) is 11.3 Å². The largest absolute Gasteiger partial charge is 0.375 e. The van der Waals surface area contributed by atoms with Gasteiger partial charge in [0.2, 0.25) is 0 Å². The van der Waals surface area contributed by atoms with Crippen LogP contribution >= 0.6 is 11.3 Å². The van der Waals surface area contributed by atoms with Gasteiger partial charge in [0.05, 0.1) is 5.69 Å². The third-order valence-electron chi connectivity index (χ3n) is 4.58. The summed E-state index contributed by atoms with van der Waals surface area (Å²) in [5.41, 5.74) is 7.01. The first-order valence-corrected chi connectivity index (χ1v) is 8.17. The molecule has 1 aliphatic carbocycles. The molecule has 1 aliphatic heterocycles. The Labute approximate surface area is 129 Å². The Morgan fingerprint density at radius 3 is 2.95 bits per heavy atom. The van der Waals surface area contributed by atoms with Crippen molar-refractivity contribution in [1.29, 1.82) is 0 Å². The van der Waals surface area contributed by atoms with Crippen molar-refractivity contribution in [1.82, 2.24) is 20.1 Å². The number of carbonyl (C=O) groups excluding carboxylic acids is 1. The van der Waals surface area contributed by atoms with Gasteiger partial charge in [0.1, 0.15) is 0 Å². The van der Waals surface area contributed by atoms with E-state index in [-0.39, 0.29) is 12.1 Å². The van der Waals surface area contributed by atoms with Crippen molar-refractivity contribution in [2.75, 3.05) is 33.4 Å². The van der Waals surface area contributed by atoms with Gasteiger partial charge >= 0.3 is 6.03 Å². The average Bonchev–Trinajstić information content (AvgIpc) is 2.75. The van der Waals surface area contributed by atoms with Crippen LogP contribution in [0.25, 0.3) is 0 Å². The van der Waals surface area contributed by atoms with Gasteiger partial charge in [-0.2, -0.15) is 0 Å². The van der Waals surface area contributed by atoms with Crippen LogP contribution in [0.5, 0.6) is 0 Å². The van der Waals surface area contributed by atoms with Crippen molar-refractivity contribution in [3.63, 3.8) is 0 Å². The Morgan fingerprint density at radius 2 is 2.24 bits per heavy atom. The zero-order valence-corrected chi connectivity index (χ0v) is 13.6. The number of nitrogens with one attached hydrogen (secondary N) is 1. The number of anilines is 1. The molecule has 7 heteroatoms. The van der Waals surface area contributed by atoms with Gasteiger partial charge in [-0.05, 0) is 32.2 Å². The summed E-state index contributed by atoms with van der Waals surface area (Å²) in [5.74, 6) is 0.546. The third-order valence-corrected chi connectivity index (χ3v) is 5.53. The zero-order chi connectivity index (χ0) is 15.1. The van der Waals surface area contributed by atoms with Crippen molar-refractivity contribution in [2.45, 2.75) is 31.3 Å². The fourth-order valence-electron chi connectivity index (χ4n) is 3.55. The molecule has 3 N–H and O–H groups in total. The smallest absolute Gasteiger partial charge is 0.317 e. The van der Waals surface area contributed by atoms with E-state index >= 15 is 0 Å². The molecule has 116 valence electrons. The monoisotopic (exact) mass is 309 g/mol. The summed E-state index contributed by atoms with van der Waals surface area (Å²) >= 11 is 1.63. The maximum absolute atomic E-state index is 11.8. The Balaban J connectivity index is 1.72. The van der Waals surface area contributed by atoms with Crippen LogP contribution in [0.3, 0.4) is 0 Å². The molecule has 1 aromatic heterocycles. The van der Waals surface area contributed by atoms with Crippen LogP contribution in [0, 0.1) is 5.92 Å². The first-order chi connectivity index (χ1) is 9.94. The SMILES string of the molecule is CN(C)C(=O)NC1CC2Cc3nc(N)sc3CC2N(C)C1. The molecule has 0 spiro atoms. The number of piperidine rings is 1. The molecule has 6 nitrogen and oxygen atoms in total. The lowest BCUT2D eigenvalue weighted by Crippen LogP contribution is -2.57. The molecule has 3 unspecified atom stereocenters. The molecule has 21 heavy (non-hydrogen) atoms. The fourth-order valence-corrected chi connectivity index (χ4v) is 4.46. The highest BCUT2D eigenvalue weighted by Crippen LogP contribution is 2.37. The first kappa shape index (κ1) is 14.6. The number of hydrogen-bond donors (Lipinski definition) is 2. The van der Waals surface area contributed by atoms with Gasteiger partial charge in [0.25, 0.3) is 0 Å². The number of hydrogen-bond acceptors (Lipinski definition) is 5. The van der Waals surface area contributed by atoms with E-state index in [1.165, 1.54) is 10.6 Å². The quantitative estimate of drug-likeness (QED) is 0.804. The normalized spacial score (nSPS) is 28.6. The highest BCUT2D eigenvalue weighted by molar-refractivity contribution is 7.15. The number of amides is 2. The zero-order valence-electron chi connectivity index (χ0n) is 12.8. The number of rotatable bonds is 1. The maximum atomic E-state index is 11.8. The van der Waals surface area contributed by atoms with E-state index in [0.29, 0.717) is 17.1 Å². The highest BCUT2D eigenvalue weighted by Gasteiger charge is 2.39. The topological polar surface area (TPSA) is 74.5 Å². The van der Waals surface area contributed by atoms with Gasteiger partial charge < -0.3 is 20.9 Å². The van der Waals surface area contributed by atoms with Crippen molar-refractivity contribution < 1.29 is 4.79 Å². The van der Waals surface area contributed by atoms with E-state index in [1.54, 1.807) is 30.3 Å². The summed E-state index contributed by atoms with van der Waals surface area (Å²) in [6.45, 7) is 0.907. The van der Waals surface area contributed by atoms with E-state index in [9.17, 15) is 4.79 Å². The van der Waals surface area contributed by atoms with Crippen molar-refractivity contribution >= 4 is 22.5 Å². The second-order valence-electron chi connectivity index (χ2n) is 6.37. The Bertz CT molecular complexity index is 543. The van der Waals surface area contributed by atoms with Gasteiger partial charge in [-0.25, -0.2) is 9.78 Å². The van der Waals surface area contributed by atoms with Crippen LogP contribution in [0.1, 0.15) is 17.0 Å². The molecular formula is C14H23N5OS. The lowest BCUT2D eigenvalue weighted by Gasteiger charge is -2.45. The van der Waals surface area contributed by atoms with Crippen molar-refractivity contribution in [3.8, 4) is 0 Å². The van der Waals surface area contributed by atoms with E-state index in [2.05, 4.69) is 22.2 Å². The van der Waals surface area contributed by atoms with Crippen LogP contribution in [-0.4, -0.2) is 60.6 Å². The highest BCUT2D eigenvalue weighted by atomic mass is 32.1. The van der Waals surface area contributed by atoms with Crippen LogP contribution in [0.15, 0.2) is 0 Å². The number of fused-ring (bicyclic) bond motifs is 2. The number of nitrogen functional groups attached to an aromatic ring is 1. The average molecular weight is 309 g/mol. The summed E-state index contributed by atoms with van der Waals surface area (Å²) in [4.78, 5) is 21.6. The second-order valence-corrected chi connectivity index (χ2v) is 7.49. The number of aromatic nitrogens is 1. The van der Waals surface area contributed by atoms with Crippen molar-refractivity contribution in [3.05, 3.63) is 10.6 Å². The molecule has 0 aromatic carbocycles. The lowest BCUT2D eigenvalue weighted by atomic mass is 9.78. The molecule has 3 rings (SSSR count). The number of urea groups is 1. The first-order valence-electron chi connectivity index (χ1n) is 7.36. The van der Waals surface area contributed by atoms with Crippen molar-refractivity contribution in [2.24, 2.45) is 5.92 Å². The summed E-state index contributed by atoms with van der Waals surface area (Å²) in [6, 6.07) is 0.745. The second kappa shape index (κ2) is 5.46. The van der Waals surface area contributed by atoms with Gasteiger partial charge in [-0.3, -0.25) is 0 Å². The number of likely N-dealkylation sites (tertiary alicyclic amines) is 1. The van der Waals surface area contributed by atoms with Gasteiger partial charge in [-0.1, -0.05) is 0 Å². The summed E-state index contributed by atoms with van der Waals surface area (Å²) < 4.78 is 0. The number of carbonyl (C=O) groups is 1. The van der Waals surface area contributed by atoms with Crippen LogP contribution in [0.2, 0.25) is 0 Å². The number of nitrogens with zero attached hydrogens (tertiary/aromatic N) is 3. The molecule has 2 aliphatic rings. The minimum Gasteiger partial charge on any atom is -0.375 e. The molecule has 1 saturated heterocycles. The molecule has 1 aromatic rings. The minimum atomic E-state index is -0.0127. The molecule has 3 atom stereocenters. The lowest BCUT2D eigenvalue weighted by molar-refractivity contribution is 0.0874.